The van der Waals surface area contributed by atoms with Gasteiger partial charge in [-0.05, 0) is 49.2 Å². The zero-order valence-corrected chi connectivity index (χ0v) is 12.0. The molecule has 0 heterocycles. The van der Waals surface area contributed by atoms with E-state index in [-0.39, 0.29) is 6.61 Å². The number of rotatable bonds is 6. The van der Waals surface area contributed by atoms with Crippen LogP contribution in [0.3, 0.4) is 0 Å². The van der Waals surface area contributed by atoms with Gasteiger partial charge >= 0.3 is 0 Å². The molecule has 0 aliphatic carbocycles. The van der Waals surface area contributed by atoms with Gasteiger partial charge < -0.3 is 15.2 Å². The summed E-state index contributed by atoms with van der Waals surface area (Å²) in [6.45, 7) is 4.82. The number of nitrogens with one attached hydrogen (secondary N) is 1. The first-order chi connectivity index (χ1) is 9.63. The molecule has 1 unspecified atom stereocenters. The van der Waals surface area contributed by atoms with Gasteiger partial charge in [-0.15, -0.1) is 0 Å². The number of aryl methyl sites for hydroxylation is 2. The Morgan fingerprint density at radius 2 is 1.70 bits per heavy atom. The third-order valence-corrected chi connectivity index (χ3v) is 2.95. The molecule has 0 aromatic heterocycles. The second-order valence-corrected chi connectivity index (χ2v) is 5.04. The number of ether oxygens (including phenoxy) is 1. The number of aliphatic hydroxyl groups excluding tert-OH is 1. The summed E-state index contributed by atoms with van der Waals surface area (Å²) in [5.41, 5.74) is 3.33. The standard InChI is InChI=1S/C17H21NO2/c1-13-8-14(2)10-17(9-13)20-12-16(19)11-18-15-6-4-3-5-7-15/h3-10,16,18-19H,11-12H2,1-2H3. The Balaban J connectivity index is 1.78. The molecule has 0 saturated carbocycles. The maximum absolute atomic E-state index is 9.92. The third-order valence-electron chi connectivity index (χ3n) is 2.95. The van der Waals surface area contributed by atoms with E-state index in [1.807, 2.05) is 56.3 Å². The summed E-state index contributed by atoms with van der Waals surface area (Å²) in [6.07, 6.45) is -0.545. The first-order valence-electron chi connectivity index (χ1n) is 6.81. The van der Waals surface area contributed by atoms with Crippen molar-refractivity contribution in [3.8, 4) is 5.75 Å². The van der Waals surface area contributed by atoms with Crippen molar-refractivity contribution in [1.29, 1.82) is 0 Å². The van der Waals surface area contributed by atoms with E-state index >= 15 is 0 Å². The highest BCUT2D eigenvalue weighted by atomic mass is 16.5. The topological polar surface area (TPSA) is 41.5 Å². The van der Waals surface area contributed by atoms with Gasteiger partial charge in [-0.25, -0.2) is 0 Å². The molecule has 0 spiro atoms. The van der Waals surface area contributed by atoms with Crippen LogP contribution in [0.1, 0.15) is 11.1 Å². The summed E-state index contributed by atoms with van der Waals surface area (Å²) in [5.74, 6) is 0.807. The van der Waals surface area contributed by atoms with Crippen molar-refractivity contribution < 1.29 is 9.84 Å². The lowest BCUT2D eigenvalue weighted by molar-refractivity contribution is 0.117. The number of hydrogen-bond donors (Lipinski definition) is 2. The van der Waals surface area contributed by atoms with Crippen LogP contribution in [-0.4, -0.2) is 24.4 Å². The maximum atomic E-state index is 9.92. The number of aliphatic hydroxyl groups is 1. The van der Waals surface area contributed by atoms with Crippen LogP contribution in [0, 0.1) is 13.8 Å². The minimum atomic E-state index is -0.545. The second-order valence-electron chi connectivity index (χ2n) is 5.04. The summed E-state index contributed by atoms with van der Waals surface area (Å²) in [4.78, 5) is 0. The van der Waals surface area contributed by atoms with Gasteiger partial charge in [0.15, 0.2) is 0 Å². The van der Waals surface area contributed by atoms with Gasteiger partial charge in [0.25, 0.3) is 0 Å². The highest BCUT2D eigenvalue weighted by molar-refractivity contribution is 5.42. The Morgan fingerprint density at radius 1 is 1.05 bits per heavy atom. The van der Waals surface area contributed by atoms with Gasteiger partial charge in [0.05, 0.1) is 0 Å². The molecule has 106 valence electrons. The summed E-state index contributed by atoms with van der Waals surface area (Å²) in [6, 6.07) is 15.9. The van der Waals surface area contributed by atoms with Gasteiger partial charge in [-0.3, -0.25) is 0 Å². The molecular weight excluding hydrogens is 250 g/mol. The summed E-state index contributed by atoms with van der Waals surface area (Å²) in [7, 11) is 0. The van der Waals surface area contributed by atoms with Gasteiger partial charge in [-0.1, -0.05) is 24.3 Å². The van der Waals surface area contributed by atoms with Crippen molar-refractivity contribution in [2.75, 3.05) is 18.5 Å². The smallest absolute Gasteiger partial charge is 0.119 e. The van der Waals surface area contributed by atoms with Crippen molar-refractivity contribution in [2.45, 2.75) is 20.0 Å². The highest BCUT2D eigenvalue weighted by Crippen LogP contribution is 2.16. The molecule has 2 aromatic rings. The van der Waals surface area contributed by atoms with E-state index in [2.05, 4.69) is 11.4 Å². The van der Waals surface area contributed by atoms with Crippen LogP contribution in [0.15, 0.2) is 48.5 Å². The van der Waals surface area contributed by atoms with E-state index in [9.17, 15) is 5.11 Å². The Kier molecular flexibility index (Phi) is 5.02. The fourth-order valence-corrected chi connectivity index (χ4v) is 2.06. The quantitative estimate of drug-likeness (QED) is 0.848. The third kappa shape index (κ3) is 4.59. The molecule has 0 aliphatic heterocycles. The molecule has 1 atom stereocenters. The molecule has 3 heteroatoms. The normalized spacial score (nSPS) is 11.9. The van der Waals surface area contributed by atoms with E-state index in [1.54, 1.807) is 0 Å². The second kappa shape index (κ2) is 6.96. The van der Waals surface area contributed by atoms with E-state index < -0.39 is 6.10 Å². The maximum Gasteiger partial charge on any atom is 0.119 e. The fourth-order valence-electron chi connectivity index (χ4n) is 2.06. The minimum absolute atomic E-state index is 0.280. The van der Waals surface area contributed by atoms with Crippen molar-refractivity contribution in [3.63, 3.8) is 0 Å². The largest absolute Gasteiger partial charge is 0.491 e. The molecule has 0 radical (unpaired) electrons. The van der Waals surface area contributed by atoms with Crippen LogP contribution >= 0.6 is 0 Å². The Hall–Kier alpha value is -2.00. The zero-order valence-electron chi connectivity index (χ0n) is 12.0. The molecule has 0 bridgehead atoms. The van der Waals surface area contributed by atoms with Crippen LogP contribution in [0.5, 0.6) is 5.75 Å². The van der Waals surface area contributed by atoms with Crippen LogP contribution in [0.2, 0.25) is 0 Å². The molecule has 2 N–H and O–H groups in total. The van der Waals surface area contributed by atoms with Crippen molar-refractivity contribution >= 4 is 5.69 Å². The molecule has 2 rings (SSSR count). The van der Waals surface area contributed by atoms with E-state index in [1.165, 1.54) is 0 Å². The van der Waals surface area contributed by atoms with E-state index in [0.717, 1.165) is 22.6 Å². The SMILES string of the molecule is Cc1cc(C)cc(OCC(O)CNc2ccccc2)c1. The lowest BCUT2D eigenvalue weighted by atomic mass is 10.1. The molecule has 0 amide bonds. The average Bonchev–Trinajstić information content (AvgIpc) is 2.43. The minimum Gasteiger partial charge on any atom is -0.491 e. The van der Waals surface area contributed by atoms with Crippen LogP contribution in [0.4, 0.5) is 5.69 Å². The average molecular weight is 271 g/mol. The predicted octanol–water partition coefficient (Wildman–Crippen LogP) is 3.16. The number of anilines is 1. The molecular formula is C17H21NO2. The highest BCUT2D eigenvalue weighted by Gasteiger charge is 2.05. The van der Waals surface area contributed by atoms with Crippen molar-refractivity contribution in [1.82, 2.24) is 0 Å². The molecule has 0 fully saturated rings. The molecule has 3 nitrogen and oxygen atoms in total. The Labute approximate surface area is 120 Å². The number of para-hydroxylation sites is 1. The lowest BCUT2D eigenvalue weighted by Gasteiger charge is -2.14. The first-order valence-corrected chi connectivity index (χ1v) is 6.81. The Morgan fingerprint density at radius 3 is 2.35 bits per heavy atom. The first kappa shape index (κ1) is 14.4. The van der Waals surface area contributed by atoms with Crippen molar-refractivity contribution in [3.05, 3.63) is 59.7 Å². The summed E-state index contributed by atoms with van der Waals surface area (Å²) < 4.78 is 5.63. The summed E-state index contributed by atoms with van der Waals surface area (Å²) >= 11 is 0. The van der Waals surface area contributed by atoms with Gasteiger partial charge in [0.1, 0.15) is 18.5 Å². The van der Waals surface area contributed by atoms with E-state index in [4.69, 9.17) is 4.74 Å². The van der Waals surface area contributed by atoms with Crippen LogP contribution in [-0.2, 0) is 0 Å². The number of benzene rings is 2. The van der Waals surface area contributed by atoms with Crippen molar-refractivity contribution in [2.24, 2.45) is 0 Å². The molecule has 0 aliphatic rings. The van der Waals surface area contributed by atoms with E-state index in [0.29, 0.717) is 6.54 Å². The van der Waals surface area contributed by atoms with Gasteiger partial charge in [0, 0.05) is 12.2 Å². The Bertz CT molecular complexity index is 520. The van der Waals surface area contributed by atoms with Crippen LogP contribution < -0.4 is 10.1 Å². The van der Waals surface area contributed by atoms with Crippen LogP contribution in [0.25, 0.3) is 0 Å². The summed E-state index contributed by atoms with van der Waals surface area (Å²) in [5, 5.41) is 13.1. The monoisotopic (exact) mass is 271 g/mol. The fraction of sp³-hybridized carbons (Fsp3) is 0.294. The molecule has 20 heavy (non-hydrogen) atoms. The lowest BCUT2D eigenvalue weighted by Crippen LogP contribution is -2.26. The zero-order chi connectivity index (χ0) is 14.4. The predicted molar refractivity (Wildman–Crippen MR) is 82.3 cm³/mol. The molecule has 2 aromatic carbocycles. The molecule has 0 saturated heterocycles. The van der Waals surface area contributed by atoms with Gasteiger partial charge in [-0.2, -0.15) is 0 Å². The van der Waals surface area contributed by atoms with Gasteiger partial charge in [0.2, 0.25) is 0 Å². The number of hydrogen-bond acceptors (Lipinski definition) is 3.